The Morgan fingerprint density at radius 1 is 0.429 bits per heavy atom. The highest BCUT2D eigenvalue weighted by molar-refractivity contribution is 6.02. The van der Waals surface area contributed by atoms with Crippen molar-refractivity contribution in [3.8, 4) is 22.3 Å². The summed E-state index contributed by atoms with van der Waals surface area (Å²) in [5.41, 5.74) is 12.5. The van der Waals surface area contributed by atoms with Crippen molar-refractivity contribution in [1.82, 2.24) is 0 Å². The van der Waals surface area contributed by atoms with Gasteiger partial charge >= 0.3 is 0 Å². The molecular formula is C48H39N. The predicted molar refractivity (Wildman–Crippen MR) is 205 cm³/mol. The van der Waals surface area contributed by atoms with Gasteiger partial charge in [-0.25, -0.2) is 0 Å². The minimum absolute atomic E-state index is 0.0711. The molecule has 5 aliphatic rings. The van der Waals surface area contributed by atoms with Crippen molar-refractivity contribution >= 4 is 38.6 Å². The fourth-order valence-electron chi connectivity index (χ4n) is 11.5. The molecule has 1 heteroatoms. The molecule has 49 heavy (non-hydrogen) atoms. The van der Waals surface area contributed by atoms with E-state index in [1.165, 1.54) is 93.0 Å². The first-order chi connectivity index (χ1) is 24.3. The van der Waals surface area contributed by atoms with Crippen LogP contribution in [-0.4, -0.2) is 0 Å². The lowest BCUT2D eigenvalue weighted by Crippen LogP contribution is -2.55. The number of fused-ring (bicyclic) bond motifs is 5. The average molecular weight is 630 g/mol. The third kappa shape index (κ3) is 3.88. The molecule has 0 saturated heterocycles. The van der Waals surface area contributed by atoms with Crippen LogP contribution >= 0.6 is 0 Å². The Morgan fingerprint density at radius 3 is 1.76 bits per heavy atom. The summed E-state index contributed by atoms with van der Waals surface area (Å²) in [5.74, 6) is 3.23. The molecule has 4 bridgehead atoms. The van der Waals surface area contributed by atoms with E-state index in [-0.39, 0.29) is 5.41 Å². The van der Waals surface area contributed by atoms with Crippen molar-refractivity contribution in [2.45, 2.75) is 37.5 Å². The zero-order valence-corrected chi connectivity index (χ0v) is 27.7. The molecule has 0 radical (unpaired) electrons. The Labute approximate surface area is 288 Å². The van der Waals surface area contributed by atoms with Crippen molar-refractivity contribution in [2.24, 2.45) is 23.7 Å². The molecule has 4 saturated carbocycles. The standard InChI is InChI=1S/C48H39N/c1-3-14-39-33(10-1)12-7-17-40(39)35-22-24-38(25-23-35)49(45-20-8-13-34-11-2-4-15-41(34)45)46-21-9-18-43-42-16-5-6-19-44(42)48(47(43)46)36-27-31-26-32(29-36)30-37(48)28-31/h1-25,31-32,36-37H,26-30H2. The van der Waals surface area contributed by atoms with E-state index in [0.29, 0.717) is 11.8 Å². The molecule has 0 atom stereocenters. The van der Waals surface area contributed by atoms with Gasteiger partial charge in [0.25, 0.3) is 0 Å². The molecule has 0 aliphatic heterocycles. The molecule has 0 N–H and O–H groups in total. The third-order valence-electron chi connectivity index (χ3n) is 13.0. The average Bonchev–Trinajstić information content (AvgIpc) is 3.45. The maximum absolute atomic E-state index is 2.62. The van der Waals surface area contributed by atoms with E-state index in [0.717, 1.165) is 11.8 Å². The van der Waals surface area contributed by atoms with Gasteiger partial charge in [-0.15, -0.1) is 0 Å². The summed E-state index contributed by atoms with van der Waals surface area (Å²) < 4.78 is 0. The lowest BCUT2D eigenvalue weighted by Gasteiger charge is -2.61. The third-order valence-corrected chi connectivity index (χ3v) is 13.0. The molecule has 0 heterocycles. The van der Waals surface area contributed by atoms with Crippen molar-refractivity contribution in [1.29, 1.82) is 0 Å². The van der Waals surface area contributed by atoms with Crippen molar-refractivity contribution in [2.75, 3.05) is 4.90 Å². The summed E-state index contributed by atoms with van der Waals surface area (Å²) in [6.07, 6.45) is 6.98. The number of rotatable bonds is 4. The van der Waals surface area contributed by atoms with Gasteiger partial charge in [0.05, 0.1) is 11.4 Å². The van der Waals surface area contributed by atoms with Crippen LogP contribution in [-0.2, 0) is 5.41 Å². The maximum atomic E-state index is 2.62. The van der Waals surface area contributed by atoms with Gasteiger partial charge in [0.2, 0.25) is 0 Å². The molecule has 0 amide bonds. The Bertz CT molecular complexity index is 2380. The molecule has 7 aromatic carbocycles. The summed E-state index contributed by atoms with van der Waals surface area (Å²) >= 11 is 0. The van der Waals surface area contributed by atoms with E-state index in [2.05, 4.69) is 157 Å². The van der Waals surface area contributed by atoms with Gasteiger partial charge in [0, 0.05) is 16.5 Å². The SMILES string of the molecule is c1ccc2c(c1)-c1cccc(N(c3ccc(-c4cccc5ccccc45)cc3)c3cccc4ccccc34)c1C21C2CC3CC(C2)CC1C3. The molecule has 0 unspecified atom stereocenters. The lowest BCUT2D eigenvalue weighted by atomic mass is 9.43. The van der Waals surface area contributed by atoms with E-state index in [4.69, 9.17) is 0 Å². The van der Waals surface area contributed by atoms with Crippen LogP contribution in [0.3, 0.4) is 0 Å². The van der Waals surface area contributed by atoms with Gasteiger partial charge in [-0.1, -0.05) is 127 Å². The first-order valence-corrected chi connectivity index (χ1v) is 18.4. The molecule has 12 rings (SSSR count). The summed E-state index contributed by atoms with van der Waals surface area (Å²) in [6, 6.07) is 57.2. The van der Waals surface area contributed by atoms with Crippen LogP contribution in [0.1, 0.15) is 43.2 Å². The summed E-state index contributed by atoms with van der Waals surface area (Å²) in [7, 11) is 0. The normalized spacial score (nSPS) is 24.4. The monoisotopic (exact) mass is 629 g/mol. The second-order valence-corrected chi connectivity index (χ2v) is 15.3. The van der Waals surface area contributed by atoms with Gasteiger partial charge in [-0.05, 0) is 130 Å². The zero-order chi connectivity index (χ0) is 32.1. The summed E-state index contributed by atoms with van der Waals surface area (Å²) in [4.78, 5) is 2.62. The van der Waals surface area contributed by atoms with Crippen LogP contribution < -0.4 is 4.90 Å². The molecule has 4 fully saturated rings. The van der Waals surface area contributed by atoms with Crippen LogP contribution in [0, 0.1) is 23.7 Å². The lowest BCUT2D eigenvalue weighted by molar-refractivity contribution is -0.0397. The maximum Gasteiger partial charge on any atom is 0.0540 e. The highest BCUT2D eigenvalue weighted by Gasteiger charge is 2.62. The number of anilines is 3. The number of benzene rings is 7. The first-order valence-electron chi connectivity index (χ1n) is 18.4. The molecule has 5 aliphatic carbocycles. The second kappa shape index (κ2) is 10.4. The van der Waals surface area contributed by atoms with E-state index in [1.54, 1.807) is 11.1 Å². The number of hydrogen-bond acceptors (Lipinski definition) is 1. The highest BCUT2D eigenvalue weighted by Crippen LogP contribution is 2.71. The predicted octanol–water partition coefficient (Wildman–Crippen LogP) is 12.9. The highest BCUT2D eigenvalue weighted by atomic mass is 15.1. The van der Waals surface area contributed by atoms with Crippen molar-refractivity contribution < 1.29 is 0 Å². The topological polar surface area (TPSA) is 3.24 Å². The van der Waals surface area contributed by atoms with Crippen LogP contribution in [0.4, 0.5) is 17.1 Å². The van der Waals surface area contributed by atoms with Gasteiger partial charge in [-0.3, -0.25) is 0 Å². The van der Waals surface area contributed by atoms with Crippen molar-refractivity contribution in [3.05, 3.63) is 163 Å². The minimum atomic E-state index is 0.0711. The van der Waals surface area contributed by atoms with Crippen molar-refractivity contribution in [3.63, 3.8) is 0 Å². The van der Waals surface area contributed by atoms with Gasteiger partial charge in [0.15, 0.2) is 0 Å². The largest absolute Gasteiger partial charge is 0.310 e. The summed E-state index contributed by atoms with van der Waals surface area (Å²) in [6.45, 7) is 0. The Hall–Kier alpha value is -5.14. The smallest absolute Gasteiger partial charge is 0.0540 e. The van der Waals surface area contributed by atoms with Crippen LogP contribution in [0.5, 0.6) is 0 Å². The van der Waals surface area contributed by atoms with Crippen LogP contribution in [0.15, 0.2) is 152 Å². The molecule has 236 valence electrons. The van der Waals surface area contributed by atoms with E-state index < -0.39 is 0 Å². The fraction of sp³-hybridized carbons (Fsp3) is 0.208. The first kappa shape index (κ1) is 27.8. The van der Waals surface area contributed by atoms with Crippen LogP contribution in [0.2, 0.25) is 0 Å². The molecule has 0 aromatic heterocycles. The number of nitrogens with zero attached hydrogens (tertiary/aromatic N) is 1. The summed E-state index contributed by atoms with van der Waals surface area (Å²) in [5, 5.41) is 5.14. The quantitative estimate of drug-likeness (QED) is 0.187. The fourth-order valence-corrected chi connectivity index (χ4v) is 11.5. The zero-order valence-electron chi connectivity index (χ0n) is 27.7. The minimum Gasteiger partial charge on any atom is -0.310 e. The second-order valence-electron chi connectivity index (χ2n) is 15.3. The van der Waals surface area contributed by atoms with Gasteiger partial charge < -0.3 is 4.90 Å². The Kier molecular flexibility index (Phi) is 5.91. The van der Waals surface area contributed by atoms with Gasteiger partial charge in [-0.2, -0.15) is 0 Å². The molecule has 1 spiro atoms. The Balaban J connectivity index is 1.16. The molecular weight excluding hydrogens is 591 g/mol. The Morgan fingerprint density at radius 2 is 0.980 bits per heavy atom. The van der Waals surface area contributed by atoms with E-state index in [9.17, 15) is 0 Å². The molecule has 7 aromatic rings. The van der Waals surface area contributed by atoms with Crippen LogP contribution in [0.25, 0.3) is 43.8 Å². The molecule has 1 nitrogen and oxygen atoms in total. The van der Waals surface area contributed by atoms with Gasteiger partial charge in [0.1, 0.15) is 0 Å². The number of hydrogen-bond donors (Lipinski definition) is 0. The van der Waals surface area contributed by atoms with E-state index >= 15 is 0 Å². The van der Waals surface area contributed by atoms with E-state index in [1.807, 2.05) is 0 Å².